The SMILES string of the molecule is CC1(C)c2ccccc2-c2nc(-c3cccc(-c4cccc(-n5c6ccccc6c6ccccc65)c4)c3)nc(-c3cccc(-c4ccncc4)c3)c21. The van der Waals surface area contributed by atoms with Gasteiger partial charge in [-0.1, -0.05) is 123 Å². The Balaban J connectivity index is 1.13. The average Bonchev–Trinajstić information content (AvgIpc) is 3.67. The number of rotatable bonds is 5. The number of aromatic nitrogens is 4. The Kier molecular flexibility index (Phi) is 6.80. The van der Waals surface area contributed by atoms with E-state index >= 15 is 0 Å². The molecule has 0 saturated carbocycles. The summed E-state index contributed by atoms with van der Waals surface area (Å²) in [6.45, 7) is 4.59. The minimum Gasteiger partial charge on any atom is -0.309 e. The van der Waals surface area contributed by atoms with Crippen molar-refractivity contribution in [3.63, 3.8) is 0 Å². The molecular weight excluding hydrogens is 633 g/mol. The van der Waals surface area contributed by atoms with Crippen molar-refractivity contribution in [2.75, 3.05) is 0 Å². The molecule has 0 fully saturated rings. The van der Waals surface area contributed by atoms with E-state index in [9.17, 15) is 0 Å². The number of hydrogen-bond donors (Lipinski definition) is 0. The maximum Gasteiger partial charge on any atom is 0.160 e. The summed E-state index contributed by atoms with van der Waals surface area (Å²) < 4.78 is 2.37. The van der Waals surface area contributed by atoms with Gasteiger partial charge in [0.1, 0.15) is 0 Å². The number of nitrogens with zero attached hydrogens (tertiary/aromatic N) is 4. The van der Waals surface area contributed by atoms with E-state index < -0.39 is 0 Å². The van der Waals surface area contributed by atoms with Gasteiger partial charge in [-0.25, -0.2) is 9.97 Å². The van der Waals surface area contributed by atoms with Crippen LogP contribution in [0.25, 0.3) is 83.6 Å². The van der Waals surface area contributed by atoms with Crippen molar-refractivity contribution >= 4 is 21.8 Å². The summed E-state index contributed by atoms with van der Waals surface area (Å²) in [5.41, 5.74) is 15.4. The molecule has 0 radical (unpaired) electrons. The van der Waals surface area contributed by atoms with Gasteiger partial charge >= 0.3 is 0 Å². The predicted molar refractivity (Wildman–Crippen MR) is 213 cm³/mol. The van der Waals surface area contributed by atoms with Gasteiger partial charge in [0.25, 0.3) is 0 Å². The molecule has 0 unspecified atom stereocenters. The molecule has 0 saturated heterocycles. The van der Waals surface area contributed by atoms with Gasteiger partial charge in [-0.05, 0) is 76.3 Å². The third kappa shape index (κ3) is 4.72. The number of para-hydroxylation sites is 2. The van der Waals surface area contributed by atoms with Crippen LogP contribution in [0.5, 0.6) is 0 Å². The summed E-state index contributed by atoms with van der Waals surface area (Å²) in [6, 6.07) is 56.3. The average molecular weight is 667 g/mol. The first-order valence-corrected chi connectivity index (χ1v) is 17.8. The predicted octanol–water partition coefficient (Wildman–Crippen LogP) is 11.9. The fourth-order valence-electron chi connectivity index (χ4n) is 8.21. The normalized spacial score (nSPS) is 13.0. The van der Waals surface area contributed by atoms with E-state index in [-0.39, 0.29) is 5.41 Å². The Labute approximate surface area is 302 Å². The topological polar surface area (TPSA) is 43.6 Å². The van der Waals surface area contributed by atoms with Crippen LogP contribution in [0.3, 0.4) is 0 Å². The molecule has 1 aliphatic carbocycles. The van der Waals surface area contributed by atoms with Crippen LogP contribution in [-0.2, 0) is 5.41 Å². The fraction of sp³-hybridized carbons (Fsp3) is 0.0625. The van der Waals surface area contributed by atoms with Gasteiger partial charge in [-0.3, -0.25) is 4.98 Å². The van der Waals surface area contributed by atoms with Crippen LogP contribution in [0, 0.1) is 0 Å². The van der Waals surface area contributed by atoms with Crippen LogP contribution >= 0.6 is 0 Å². The summed E-state index contributed by atoms with van der Waals surface area (Å²) in [7, 11) is 0. The van der Waals surface area contributed by atoms with Crippen molar-refractivity contribution < 1.29 is 0 Å². The van der Waals surface area contributed by atoms with Crippen LogP contribution in [0.2, 0.25) is 0 Å². The van der Waals surface area contributed by atoms with Gasteiger partial charge in [0.15, 0.2) is 5.82 Å². The minimum atomic E-state index is -0.262. The highest BCUT2D eigenvalue weighted by Crippen LogP contribution is 2.51. The molecule has 6 aromatic carbocycles. The summed E-state index contributed by atoms with van der Waals surface area (Å²) >= 11 is 0. The van der Waals surface area contributed by atoms with Crippen molar-refractivity contribution in [1.82, 2.24) is 19.5 Å². The molecular formula is C48H34N4. The first kappa shape index (κ1) is 30.2. The molecule has 4 heteroatoms. The van der Waals surface area contributed by atoms with Gasteiger partial charge in [-0.15, -0.1) is 0 Å². The molecule has 3 aromatic heterocycles. The highest BCUT2D eigenvalue weighted by atomic mass is 15.0. The lowest BCUT2D eigenvalue weighted by Gasteiger charge is -2.24. The van der Waals surface area contributed by atoms with Crippen molar-refractivity contribution in [1.29, 1.82) is 0 Å². The largest absolute Gasteiger partial charge is 0.309 e. The Morgan fingerprint density at radius 2 is 1.02 bits per heavy atom. The Morgan fingerprint density at radius 3 is 1.77 bits per heavy atom. The van der Waals surface area contributed by atoms with Crippen molar-refractivity contribution in [2.45, 2.75) is 19.3 Å². The van der Waals surface area contributed by atoms with Gasteiger partial charge in [-0.2, -0.15) is 0 Å². The first-order chi connectivity index (χ1) is 25.5. The maximum absolute atomic E-state index is 5.43. The van der Waals surface area contributed by atoms with E-state index in [1.54, 1.807) is 0 Å². The molecule has 1 aliphatic rings. The monoisotopic (exact) mass is 666 g/mol. The summed E-state index contributed by atoms with van der Waals surface area (Å²) in [5.74, 6) is 0.718. The lowest BCUT2D eigenvalue weighted by atomic mass is 9.80. The third-order valence-electron chi connectivity index (χ3n) is 10.7. The zero-order chi connectivity index (χ0) is 34.8. The second-order valence-corrected chi connectivity index (χ2v) is 14.1. The quantitative estimate of drug-likeness (QED) is 0.184. The lowest BCUT2D eigenvalue weighted by Crippen LogP contribution is -2.17. The molecule has 0 aliphatic heterocycles. The zero-order valence-corrected chi connectivity index (χ0v) is 29.0. The number of fused-ring (bicyclic) bond motifs is 6. The van der Waals surface area contributed by atoms with E-state index in [2.05, 4.69) is 181 Å². The molecule has 0 atom stereocenters. The standard InChI is InChI=1S/C48H34N4/c1-48(2)41-21-6-3-20-40(41)46-44(48)45(35-15-9-12-32(28-35)31-24-26-49-27-25-31)50-47(51-46)36-16-10-13-33(29-36)34-14-11-17-37(30-34)52-42-22-7-4-18-38(42)39-19-5-8-23-43(39)52/h3-30H,1-2H3. The molecule has 246 valence electrons. The highest BCUT2D eigenvalue weighted by molar-refractivity contribution is 6.09. The molecule has 0 N–H and O–H groups in total. The van der Waals surface area contributed by atoms with Crippen LogP contribution in [0.1, 0.15) is 25.0 Å². The van der Waals surface area contributed by atoms with Crippen LogP contribution < -0.4 is 0 Å². The van der Waals surface area contributed by atoms with E-state index in [4.69, 9.17) is 9.97 Å². The van der Waals surface area contributed by atoms with E-state index in [1.807, 2.05) is 12.4 Å². The molecule has 0 amide bonds. The van der Waals surface area contributed by atoms with Crippen LogP contribution in [-0.4, -0.2) is 19.5 Å². The van der Waals surface area contributed by atoms with Gasteiger partial charge in [0, 0.05) is 56.5 Å². The molecule has 4 nitrogen and oxygen atoms in total. The second kappa shape index (κ2) is 11.7. The maximum atomic E-state index is 5.43. The molecule has 10 rings (SSSR count). The van der Waals surface area contributed by atoms with Crippen molar-refractivity contribution in [3.8, 4) is 61.8 Å². The summed E-state index contributed by atoms with van der Waals surface area (Å²) in [4.78, 5) is 15.0. The van der Waals surface area contributed by atoms with Gasteiger partial charge in [0.2, 0.25) is 0 Å². The van der Waals surface area contributed by atoms with Gasteiger partial charge < -0.3 is 4.57 Å². The van der Waals surface area contributed by atoms with Crippen LogP contribution in [0.4, 0.5) is 0 Å². The summed E-state index contributed by atoms with van der Waals surface area (Å²) in [5, 5.41) is 2.51. The molecule has 3 heterocycles. The lowest BCUT2D eigenvalue weighted by molar-refractivity contribution is 0.658. The molecule has 9 aromatic rings. The van der Waals surface area contributed by atoms with E-state index in [0.717, 1.165) is 56.3 Å². The number of pyridine rings is 1. The van der Waals surface area contributed by atoms with Gasteiger partial charge in [0.05, 0.1) is 22.4 Å². The van der Waals surface area contributed by atoms with E-state index in [1.165, 1.54) is 38.5 Å². The Bertz CT molecular complexity index is 2770. The fourth-order valence-corrected chi connectivity index (χ4v) is 8.21. The Hall–Kier alpha value is -6.65. The zero-order valence-electron chi connectivity index (χ0n) is 29.0. The number of hydrogen-bond acceptors (Lipinski definition) is 3. The van der Waals surface area contributed by atoms with Crippen LogP contribution in [0.15, 0.2) is 170 Å². The highest BCUT2D eigenvalue weighted by Gasteiger charge is 2.40. The van der Waals surface area contributed by atoms with Crippen molar-refractivity contribution in [3.05, 3.63) is 181 Å². The first-order valence-electron chi connectivity index (χ1n) is 17.8. The molecule has 0 bridgehead atoms. The van der Waals surface area contributed by atoms with E-state index in [0.29, 0.717) is 0 Å². The minimum absolute atomic E-state index is 0.262. The molecule has 52 heavy (non-hydrogen) atoms. The Morgan fingerprint density at radius 1 is 0.462 bits per heavy atom. The summed E-state index contributed by atoms with van der Waals surface area (Å²) in [6.07, 6.45) is 3.68. The second-order valence-electron chi connectivity index (χ2n) is 14.1. The third-order valence-corrected chi connectivity index (χ3v) is 10.7. The molecule has 0 spiro atoms. The number of benzene rings is 6. The van der Waals surface area contributed by atoms with Crippen molar-refractivity contribution in [2.24, 2.45) is 0 Å². The smallest absolute Gasteiger partial charge is 0.160 e.